The Balaban J connectivity index is 1.43. The van der Waals surface area contributed by atoms with Gasteiger partial charge in [0.25, 0.3) is 5.91 Å². The van der Waals surface area contributed by atoms with Crippen molar-refractivity contribution in [3.05, 3.63) is 47.8 Å². The van der Waals surface area contributed by atoms with Gasteiger partial charge in [-0.2, -0.15) is 5.10 Å². The smallest absolute Gasteiger partial charge is 0.405 e. The van der Waals surface area contributed by atoms with Crippen molar-refractivity contribution >= 4 is 29.5 Å². The molecule has 1 aliphatic heterocycles. The molecule has 2 fully saturated rings. The monoisotopic (exact) mass is 581 g/mol. The van der Waals surface area contributed by atoms with Gasteiger partial charge in [0.1, 0.15) is 17.8 Å². The number of hydrogen-bond donors (Lipinski definition) is 4. The number of likely N-dealkylation sites (N-methyl/N-ethyl adjacent to an activating group) is 1. The van der Waals surface area contributed by atoms with Crippen LogP contribution in [0.2, 0.25) is 0 Å². The third kappa shape index (κ3) is 8.31. The second-order valence-corrected chi connectivity index (χ2v) is 11.3. The number of carboxylic acid groups (broad SMARTS) is 1. The molecular weight excluding hydrogens is 538 g/mol. The van der Waals surface area contributed by atoms with Gasteiger partial charge in [-0.25, -0.2) is 4.79 Å². The summed E-state index contributed by atoms with van der Waals surface area (Å²) in [7, 11) is 1.99. The second kappa shape index (κ2) is 14.8. The summed E-state index contributed by atoms with van der Waals surface area (Å²) in [4.78, 5) is 55.1. The molecule has 228 valence electrons. The Hall–Kier alpha value is -3.93. The lowest BCUT2D eigenvalue weighted by molar-refractivity contribution is -0.134. The number of amides is 4. The average molecular weight is 582 g/mol. The van der Waals surface area contributed by atoms with Crippen molar-refractivity contribution in [2.75, 3.05) is 38.5 Å². The average Bonchev–Trinajstić information content (AvgIpc) is 3.30. The van der Waals surface area contributed by atoms with E-state index in [-0.39, 0.29) is 30.1 Å². The van der Waals surface area contributed by atoms with Crippen molar-refractivity contribution in [2.24, 2.45) is 5.92 Å². The standard InChI is InChI=1S/C30H43N7O5/c1-3-37-25(14-15-31-37)27(38)34-26(22-8-6-4-5-7-9-22)28(39)32-23-12-10-21(11-13-23)20-24(33-30(41)42)29(40)36-18-16-35(2)17-19-36/h10-15,22,24,26,33H,3-9,16-20H2,1-2H3,(H,32,39)(H,34,38)(H,41,42)/t24-,26+/m1/s1. The Morgan fingerprint density at radius 2 is 1.62 bits per heavy atom. The van der Waals surface area contributed by atoms with Gasteiger partial charge in [-0.3, -0.25) is 19.1 Å². The molecule has 0 spiro atoms. The molecule has 4 N–H and O–H groups in total. The maximum absolute atomic E-state index is 13.6. The molecule has 1 aromatic carbocycles. The number of aryl methyl sites for hydroxylation is 1. The van der Waals surface area contributed by atoms with E-state index in [1.165, 1.54) is 0 Å². The van der Waals surface area contributed by atoms with Crippen LogP contribution < -0.4 is 16.0 Å². The zero-order valence-corrected chi connectivity index (χ0v) is 24.6. The molecule has 42 heavy (non-hydrogen) atoms. The number of benzene rings is 1. The number of hydrogen-bond acceptors (Lipinski definition) is 6. The summed E-state index contributed by atoms with van der Waals surface area (Å²) in [5.74, 6) is -0.816. The molecule has 1 aromatic heterocycles. The molecule has 4 amide bonds. The number of nitrogens with one attached hydrogen (secondary N) is 3. The molecule has 0 radical (unpaired) electrons. The van der Waals surface area contributed by atoms with Crippen LogP contribution in [0.25, 0.3) is 0 Å². The van der Waals surface area contributed by atoms with Crippen molar-refractivity contribution < 1.29 is 24.3 Å². The highest BCUT2D eigenvalue weighted by Crippen LogP contribution is 2.27. The van der Waals surface area contributed by atoms with Crippen LogP contribution in [0.5, 0.6) is 0 Å². The molecule has 0 bridgehead atoms. The lowest BCUT2D eigenvalue weighted by Crippen LogP contribution is -2.54. The van der Waals surface area contributed by atoms with E-state index in [1.54, 1.807) is 46.1 Å². The fourth-order valence-corrected chi connectivity index (χ4v) is 5.81. The lowest BCUT2D eigenvalue weighted by Gasteiger charge is -2.34. The highest BCUT2D eigenvalue weighted by atomic mass is 16.4. The minimum Gasteiger partial charge on any atom is -0.465 e. The first-order valence-electron chi connectivity index (χ1n) is 14.9. The summed E-state index contributed by atoms with van der Waals surface area (Å²) in [6.07, 6.45) is 6.53. The summed E-state index contributed by atoms with van der Waals surface area (Å²) in [5.41, 5.74) is 1.74. The van der Waals surface area contributed by atoms with E-state index < -0.39 is 18.2 Å². The van der Waals surface area contributed by atoms with Crippen molar-refractivity contribution in [1.82, 2.24) is 30.2 Å². The zero-order valence-electron chi connectivity index (χ0n) is 24.6. The second-order valence-electron chi connectivity index (χ2n) is 11.3. The highest BCUT2D eigenvalue weighted by molar-refractivity contribution is 6.00. The highest BCUT2D eigenvalue weighted by Gasteiger charge is 2.32. The van der Waals surface area contributed by atoms with Crippen molar-refractivity contribution in [1.29, 1.82) is 0 Å². The molecule has 2 aromatic rings. The van der Waals surface area contributed by atoms with Crippen LogP contribution in [0.1, 0.15) is 61.5 Å². The van der Waals surface area contributed by atoms with E-state index in [2.05, 4.69) is 25.9 Å². The van der Waals surface area contributed by atoms with Gasteiger partial charge in [0, 0.05) is 51.0 Å². The lowest BCUT2D eigenvalue weighted by atomic mass is 9.91. The van der Waals surface area contributed by atoms with Crippen LogP contribution in [-0.4, -0.2) is 93.8 Å². The van der Waals surface area contributed by atoms with Crippen LogP contribution in [0.3, 0.4) is 0 Å². The molecule has 12 heteroatoms. The topological polar surface area (TPSA) is 149 Å². The van der Waals surface area contributed by atoms with Gasteiger partial charge in [-0.1, -0.05) is 37.8 Å². The number of rotatable bonds is 10. The molecule has 4 rings (SSSR count). The van der Waals surface area contributed by atoms with E-state index >= 15 is 0 Å². The maximum Gasteiger partial charge on any atom is 0.405 e. The van der Waals surface area contributed by atoms with E-state index in [0.29, 0.717) is 31.0 Å². The number of aromatic nitrogens is 2. The molecule has 2 heterocycles. The molecule has 2 atom stereocenters. The SMILES string of the molecule is CCn1nccc1C(=O)N[C@H](C(=O)Nc1ccc(C[C@@H](NC(=O)O)C(=O)N2CCN(C)CC2)cc1)C1CCCCCC1. The Bertz CT molecular complexity index is 1210. The third-order valence-electron chi connectivity index (χ3n) is 8.26. The molecule has 0 unspecified atom stereocenters. The zero-order chi connectivity index (χ0) is 30.1. The van der Waals surface area contributed by atoms with Gasteiger partial charge in [-0.15, -0.1) is 0 Å². The fraction of sp³-hybridized carbons (Fsp3) is 0.567. The summed E-state index contributed by atoms with van der Waals surface area (Å²) in [5, 5.41) is 21.9. The van der Waals surface area contributed by atoms with E-state index in [9.17, 15) is 24.3 Å². The Morgan fingerprint density at radius 1 is 0.952 bits per heavy atom. The fourth-order valence-electron chi connectivity index (χ4n) is 5.81. The predicted molar refractivity (Wildman–Crippen MR) is 158 cm³/mol. The van der Waals surface area contributed by atoms with Crippen molar-refractivity contribution in [3.63, 3.8) is 0 Å². The molecule has 2 aliphatic rings. The van der Waals surface area contributed by atoms with Crippen molar-refractivity contribution in [3.8, 4) is 0 Å². The van der Waals surface area contributed by atoms with Crippen LogP contribution in [0.15, 0.2) is 36.5 Å². The Morgan fingerprint density at radius 3 is 2.24 bits per heavy atom. The number of carbonyl (C=O) groups is 4. The summed E-state index contributed by atoms with van der Waals surface area (Å²) in [6.45, 7) is 5.04. The molecular formula is C30H43N7O5. The Labute approximate surface area is 246 Å². The van der Waals surface area contributed by atoms with Crippen LogP contribution in [0.4, 0.5) is 10.5 Å². The van der Waals surface area contributed by atoms with E-state index in [1.807, 2.05) is 14.0 Å². The van der Waals surface area contributed by atoms with Gasteiger partial charge < -0.3 is 30.9 Å². The third-order valence-corrected chi connectivity index (χ3v) is 8.26. The van der Waals surface area contributed by atoms with Gasteiger partial charge in [0.15, 0.2) is 0 Å². The molecule has 1 aliphatic carbocycles. The predicted octanol–water partition coefficient (Wildman–Crippen LogP) is 2.56. The van der Waals surface area contributed by atoms with Crippen LogP contribution in [0, 0.1) is 5.92 Å². The first-order chi connectivity index (χ1) is 20.2. The first-order valence-corrected chi connectivity index (χ1v) is 14.9. The van der Waals surface area contributed by atoms with Crippen LogP contribution >= 0.6 is 0 Å². The quantitative estimate of drug-likeness (QED) is 0.315. The summed E-state index contributed by atoms with van der Waals surface area (Å²) < 4.78 is 1.61. The minimum atomic E-state index is -1.25. The van der Waals surface area contributed by atoms with Crippen LogP contribution in [-0.2, 0) is 22.6 Å². The summed E-state index contributed by atoms with van der Waals surface area (Å²) in [6, 6.07) is 7.09. The minimum absolute atomic E-state index is 0.0251. The van der Waals surface area contributed by atoms with Gasteiger partial charge >= 0.3 is 6.09 Å². The van der Waals surface area contributed by atoms with E-state index in [4.69, 9.17) is 0 Å². The number of anilines is 1. The van der Waals surface area contributed by atoms with E-state index in [0.717, 1.165) is 57.2 Å². The summed E-state index contributed by atoms with van der Waals surface area (Å²) >= 11 is 0. The largest absolute Gasteiger partial charge is 0.465 e. The molecule has 1 saturated carbocycles. The number of piperazine rings is 1. The molecule has 12 nitrogen and oxygen atoms in total. The van der Waals surface area contributed by atoms with Gasteiger partial charge in [-0.05, 0) is 56.5 Å². The number of carbonyl (C=O) groups excluding carboxylic acids is 3. The molecule has 1 saturated heterocycles. The van der Waals surface area contributed by atoms with Crippen molar-refractivity contribution in [2.45, 2.75) is 70.5 Å². The number of nitrogens with zero attached hydrogens (tertiary/aromatic N) is 4. The first kappa shape index (κ1) is 31.0. The van der Waals surface area contributed by atoms with Gasteiger partial charge in [0.2, 0.25) is 11.8 Å². The Kier molecular flexibility index (Phi) is 10.9. The maximum atomic E-state index is 13.6. The van der Waals surface area contributed by atoms with Gasteiger partial charge in [0.05, 0.1) is 0 Å². The normalized spacial score (nSPS) is 18.0.